The lowest BCUT2D eigenvalue weighted by Crippen LogP contribution is -2.43. The zero-order chi connectivity index (χ0) is 12.7. The van der Waals surface area contributed by atoms with Gasteiger partial charge in [-0.25, -0.2) is 0 Å². The molecule has 5 heteroatoms. The first-order chi connectivity index (χ1) is 7.36. The van der Waals surface area contributed by atoms with E-state index in [2.05, 4.69) is 12.2 Å². The van der Waals surface area contributed by atoms with Crippen molar-refractivity contribution in [3.8, 4) is 0 Å². The fourth-order valence-corrected chi connectivity index (χ4v) is 1.76. The van der Waals surface area contributed by atoms with Crippen molar-refractivity contribution in [2.24, 2.45) is 5.73 Å². The first-order valence-electron chi connectivity index (χ1n) is 5.64. The summed E-state index contributed by atoms with van der Waals surface area (Å²) in [7, 11) is 1.92. The van der Waals surface area contributed by atoms with E-state index in [1.807, 2.05) is 25.8 Å². The van der Waals surface area contributed by atoms with Crippen LogP contribution in [0.2, 0.25) is 0 Å². The monoisotopic (exact) mass is 245 g/mol. The summed E-state index contributed by atoms with van der Waals surface area (Å²) in [5.74, 6) is 0.0406. The van der Waals surface area contributed by atoms with Gasteiger partial charge in [0.05, 0.1) is 11.5 Å². The number of carbonyl (C=O) groups excluding carboxylic acids is 1. The van der Waals surface area contributed by atoms with E-state index in [4.69, 9.17) is 18.0 Å². The molecule has 0 heterocycles. The van der Waals surface area contributed by atoms with E-state index in [1.54, 1.807) is 0 Å². The van der Waals surface area contributed by atoms with Gasteiger partial charge in [-0.05, 0) is 27.3 Å². The van der Waals surface area contributed by atoms with Gasteiger partial charge in [-0.2, -0.15) is 0 Å². The molecular formula is C11H23N3OS. The molecule has 3 N–H and O–H groups in total. The topological polar surface area (TPSA) is 58.4 Å². The first kappa shape index (κ1) is 15.3. The zero-order valence-corrected chi connectivity index (χ0v) is 11.4. The molecule has 0 saturated carbocycles. The number of nitrogens with two attached hydrogens (primary N) is 1. The van der Waals surface area contributed by atoms with E-state index in [9.17, 15) is 4.79 Å². The van der Waals surface area contributed by atoms with Crippen LogP contribution in [0.4, 0.5) is 0 Å². The summed E-state index contributed by atoms with van der Waals surface area (Å²) < 4.78 is 0. The molecule has 0 saturated heterocycles. The van der Waals surface area contributed by atoms with Crippen LogP contribution < -0.4 is 11.1 Å². The normalized spacial score (nSPS) is 12.9. The number of likely N-dealkylation sites (N-methyl/N-ethyl adjacent to an activating group) is 1. The third-order valence-corrected chi connectivity index (χ3v) is 2.54. The van der Waals surface area contributed by atoms with Gasteiger partial charge in [-0.15, -0.1) is 0 Å². The van der Waals surface area contributed by atoms with Gasteiger partial charge in [-0.1, -0.05) is 19.1 Å². The molecule has 0 aromatic carbocycles. The minimum Gasteiger partial charge on any atom is -0.393 e. The van der Waals surface area contributed by atoms with Gasteiger partial charge in [0, 0.05) is 18.5 Å². The Kier molecular flexibility index (Phi) is 7.25. The molecule has 16 heavy (non-hydrogen) atoms. The van der Waals surface area contributed by atoms with Crippen LogP contribution in [0, 0.1) is 0 Å². The van der Waals surface area contributed by atoms with Gasteiger partial charge in [0.1, 0.15) is 0 Å². The number of thiocarbonyl (C=S) groups is 1. The highest BCUT2D eigenvalue weighted by Crippen LogP contribution is 2.06. The number of hydrogen-bond donors (Lipinski definition) is 2. The van der Waals surface area contributed by atoms with E-state index >= 15 is 0 Å². The Labute approximate surface area is 104 Å². The van der Waals surface area contributed by atoms with Crippen molar-refractivity contribution in [3.63, 3.8) is 0 Å². The summed E-state index contributed by atoms with van der Waals surface area (Å²) in [6.45, 7) is 6.35. The quantitative estimate of drug-likeness (QED) is 0.654. The Bertz CT molecular complexity index is 243. The number of nitrogens with zero attached hydrogens (tertiary/aromatic N) is 1. The van der Waals surface area contributed by atoms with E-state index < -0.39 is 0 Å². The zero-order valence-electron chi connectivity index (χ0n) is 10.6. The van der Waals surface area contributed by atoms with Crippen LogP contribution in [0.25, 0.3) is 0 Å². The Hall–Kier alpha value is -0.680. The SMILES string of the molecule is CCC(CC(N)=S)N(C)CC(=O)NC(C)C. The van der Waals surface area contributed by atoms with Crippen LogP contribution in [0.15, 0.2) is 0 Å². The second-order valence-electron chi connectivity index (χ2n) is 4.37. The van der Waals surface area contributed by atoms with Crippen LogP contribution in [-0.2, 0) is 4.79 Å². The molecule has 0 bridgehead atoms. The highest BCUT2D eigenvalue weighted by molar-refractivity contribution is 7.80. The van der Waals surface area contributed by atoms with Gasteiger partial charge < -0.3 is 11.1 Å². The fourth-order valence-electron chi connectivity index (χ4n) is 1.57. The maximum absolute atomic E-state index is 11.6. The average Bonchev–Trinajstić information content (AvgIpc) is 2.11. The third-order valence-electron chi connectivity index (χ3n) is 2.37. The Morgan fingerprint density at radius 3 is 2.44 bits per heavy atom. The average molecular weight is 245 g/mol. The second-order valence-corrected chi connectivity index (χ2v) is 4.89. The molecule has 4 nitrogen and oxygen atoms in total. The molecule has 1 amide bonds. The largest absolute Gasteiger partial charge is 0.393 e. The smallest absolute Gasteiger partial charge is 0.234 e. The van der Waals surface area contributed by atoms with E-state index in [0.29, 0.717) is 18.0 Å². The molecule has 0 aromatic heterocycles. The molecule has 0 aliphatic rings. The maximum atomic E-state index is 11.6. The lowest BCUT2D eigenvalue weighted by atomic mass is 10.1. The highest BCUT2D eigenvalue weighted by atomic mass is 32.1. The third kappa shape index (κ3) is 6.74. The van der Waals surface area contributed by atoms with Crippen molar-refractivity contribution < 1.29 is 4.79 Å². The van der Waals surface area contributed by atoms with E-state index in [1.165, 1.54) is 0 Å². The predicted octanol–water partition coefficient (Wildman–Crippen LogP) is 0.898. The van der Waals surface area contributed by atoms with Crippen LogP contribution >= 0.6 is 12.2 Å². The molecule has 0 aromatic rings. The van der Waals surface area contributed by atoms with Gasteiger partial charge >= 0.3 is 0 Å². The standard InChI is InChI=1S/C11H23N3OS/c1-5-9(6-10(12)16)14(4)7-11(15)13-8(2)3/h8-9H,5-7H2,1-4H3,(H2,12,16)(H,13,15). The summed E-state index contributed by atoms with van der Waals surface area (Å²) in [4.78, 5) is 14.1. The second kappa shape index (κ2) is 7.57. The molecule has 0 rings (SSSR count). The predicted molar refractivity (Wildman–Crippen MR) is 71.4 cm³/mol. The summed E-state index contributed by atoms with van der Waals surface area (Å²) in [5, 5.41) is 2.86. The summed E-state index contributed by atoms with van der Waals surface area (Å²) in [6.07, 6.45) is 1.60. The summed E-state index contributed by atoms with van der Waals surface area (Å²) in [5.41, 5.74) is 5.52. The Morgan fingerprint density at radius 2 is 2.06 bits per heavy atom. The molecule has 94 valence electrons. The van der Waals surface area contributed by atoms with E-state index in [-0.39, 0.29) is 18.0 Å². The molecule has 0 spiro atoms. The summed E-state index contributed by atoms with van der Waals surface area (Å²) >= 11 is 4.89. The molecule has 0 aliphatic carbocycles. The Morgan fingerprint density at radius 1 is 1.50 bits per heavy atom. The van der Waals surface area contributed by atoms with Gasteiger partial charge in [-0.3, -0.25) is 9.69 Å². The van der Waals surface area contributed by atoms with Crippen molar-refractivity contribution in [3.05, 3.63) is 0 Å². The van der Waals surface area contributed by atoms with Crippen molar-refractivity contribution in [2.75, 3.05) is 13.6 Å². The number of carbonyl (C=O) groups is 1. The molecule has 0 fully saturated rings. The minimum atomic E-state index is 0.0406. The Balaban J connectivity index is 4.14. The lowest BCUT2D eigenvalue weighted by Gasteiger charge is -2.26. The van der Waals surface area contributed by atoms with Crippen molar-refractivity contribution >= 4 is 23.1 Å². The summed E-state index contributed by atoms with van der Waals surface area (Å²) in [6, 6.07) is 0.423. The van der Waals surface area contributed by atoms with Gasteiger partial charge in [0.2, 0.25) is 5.91 Å². The fraction of sp³-hybridized carbons (Fsp3) is 0.818. The van der Waals surface area contributed by atoms with Crippen molar-refractivity contribution in [1.82, 2.24) is 10.2 Å². The van der Waals surface area contributed by atoms with E-state index in [0.717, 1.165) is 6.42 Å². The van der Waals surface area contributed by atoms with Crippen LogP contribution in [0.1, 0.15) is 33.6 Å². The van der Waals surface area contributed by atoms with Crippen LogP contribution in [-0.4, -0.2) is 41.5 Å². The maximum Gasteiger partial charge on any atom is 0.234 e. The van der Waals surface area contributed by atoms with Crippen molar-refractivity contribution in [1.29, 1.82) is 0 Å². The van der Waals surface area contributed by atoms with Gasteiger partial charge in [0.15, 0.2) is 0 Å². The van der Waals surface area contributed by atoms with Gasteiger partial charge in [0.25, 0.3) is 0 Å². The molecule has 1 atom stereocenters. The number of hydrogen-bond acceptors (Lipinski definition) is 3. The van der Waals surface area contributed by atoms with Crippen LogP contribution in [0.3, 0.4) is 0 Å². The molecule has 0 aliphatic heterocycles. The van der Waals surface area contributed by atoms with Crippen molar-refractivity contribution in [2.45, 2.75) is 45.7 Å². The lowest BCUT2D eigenvalue weighted by molar-refractivity contribution is -0.122. The molecular weight excluding hydrogens is 222 g/mol. The molecule has 0 radical (unpaired) electrons. The molecule has 1 unspecified atom stereocenters. The minimum absolute atomic E-state index is 0.0406. The number of amides is 1. The highest BCUT2D eigenvalue weighted by Gasteiger charge is 2.16. The van der Waals surface area contributed by atoms with Crippen LogP contribution in [0.5, 0.6) is 0 Å². The first-order valence-corrected chi connectivity index (χ1v) is 6.05. The number of nitrogens with one attached hydrogen (secondary N) is 1. The number of rotatable bonds is 7.